The van der Waals surface area contributed by atoms with Gasteiger partial charge in [0.1, 0.15) is 5.75 Å². The summed E-state index contributed by atoms with van der Waals surface area (Å²) in [7, 11) is 3.32. The fraction of sp³-hybridized carbons (Fsp3) is 0.455. The van der Waals surface area contributed by atoms with Gasteiger partial charge in [0.15, 0.2) is 0 Å². The van der Waals surface area contributed by atoms with Gasteiger partial charge in [-0.3, -0.25) is 0 Å². The number of rotatable bonds is 3. The van der Waals surface area contributed by atoms with Gasteiger partial charge in [-0.15, -0.1) is 0 Å². The molecule has 0 saturated heterocycles. The highest BCUT2D eigenvalue weighted by Crippen LogP contribution is 2.25. The van der Waals surface area contributed by atoms with E-state index < -0.39 is 0 Å². The fourth-order valence-electron chi connectivity index (χ4n) is 0.948. The summed E-state index contributed by atoms with van der Waals surface area (Å²) in [6, 6.07) is 5.98. The lowest BCUT2D eigenvalue weighted by atomic mass is 10.2. The van der Waals surface area contributed by atoms with E-state index in [0.29, 0.717) is 0 Å². The van der Waals surface area contributed by atoms with E-state index in [1.54, 1.807) is 14.2 Å². The van der Waals surface area contributed by atoms with E-state index in [1.807, 2.05) is 39.0 Å². The Kier molecular flexibility index (Phi) is 7.34. The van der Waals surface area contributed by atoms with E-state index in [0.717, 1.165) is 16.2 Å². The summed E-state index contributed by atoms with van der Waals surface area (Å²) in [4.78, 5) is 1.06. The Morgan fingerprint density at radius 2 is 1.79 bits per heavy atom. The first-order valence-electron chi connectivity index (χ1n) is 4.63. The van der Waals surface area contributed by atoms with Crippen molar-refractivity contribution < 1.29 is 8.92 Å². The molecule has 0 spiro atoms. The average Bonchev–Trinajstić information content (AvgIpc) is 2.24. The first kappa shape index (κ1) is 13.3. The van der Waals surface area contributed by atoms with Gasteiger partial charge in [-0.1, -0.05) is 19.9 Å². The Labute approximate surface area is 90.8 Å². The lowest BCUT2D eigenvalue weighted by Crippen LogP contribution is -1.86. The van der Waals surface area contributed by atoms with Crippen molar-refractivity contribution in [3.8, 4) is 5.75 Å². The lowest BCUT2D eigenvalue weighted by molar-refractivity contribution is 0.410. The molecule has 0 amide bonds. The highest BCUT2D eigenvalue weighted by Gasteiger charge is 1.99. The first-order valence-corrected chi connectivity index (χ1v) is 5.37. The summed E-state index contributed by atoms with van der Waals surface area (Å²) in [5.41, 5.74) is 1.14. The molecule has 14 heavy (non-hydrogen) atoms. The van der Waals surface area contributed by atoms with Crippen molar-refractivity contribution >= 4 is 12.0 Å². The van der Waals surface area contributed by atoms with Crippen molar-refractivity contribution in [1.29, 1.82) is 0 Å². The van der Waals surface area contributed by atoms with Crippen LogP contribution in [0.5, 0.6) is 5.75 Å². The smallest absolute Gasteiger partial charge is 0.122 e. The first-order chi connectivity index (χ1) is 6.77. The lowest BCUT2D eigenvalue weighted by Gasteiger charge is -2.05. The van der Waals surface area contributed by atoms with Crippen LogP contribution in [0, 0.1) is 6.92 Å². The number of hydrogen-bond acceptors (Lipinski definition) is 3. The van der Waals surface area contributed by atoms with Gasteiger partial charge in [0.25, 0.3) is 0 Å². The summed E-state index contributed by atoms with van der Waals surface area (Å²) in [6.45, 7) is 6.01. The van der Waals surface area contributed by atoms with Crippen LogP contribution in [0.25, 0.3) is 0 Å². The third-order valence-electron chi connectivity index (χ3n) is 1.56. The minimum Gasteiger partial charge on any atom is -0.496 e. The second-order valence-electron chi connectivity index (χ2n) is 2.38. The Bertz CT molecular complexity index is 261. The molecule has 0 aliphatic carbocycles. The minimum absolute atomic E-state index is 0.900. The van der Waals surface area contributed by atoms with Gasteiger partial charge in [0.05, 0.1) is 14.2 Å². The van der Waals surface area contributed by atoms with Crippen LogP contribution in [-0.4, -0.2) is 14.2 Å². The van der Waals surface area contributed by atoms with Crippen molar-refractivity contribution in [2.24, 2.45) is 0 Å². The topological polar surface area (TPSA) is 18.5 Å². The normalized spacial score (nSPS) is 8.93. The number of hydrogen-bond donors (Lipinski definition) is 0. The number of aryl methyl sites for hydroxylation is 1. The predicted molar refractivity (Wildman–Crippen MR) is 61.9 cm³/mol. The van der Waals surface area contributed by atoms with Crippen molar-refractivity contribution in [1.82, 2.24) is 0 Å². The molecule has 1 rings (SSSR count). The molecule has 80 valence electrons. The van der Waals surface area contributed by atoms with Gasteiger partial charge in [-0.25, -0.2) is 0 Å². The van der Waals surface area contributed by atoms with E-state index >= 15 is 0 Å². The molecule has 0 aliphatic heterocycles. The summed E-state index contributed by atoms with van der Waals surface area (Å²) < 4.78 is 10.1. The van der Waals surface area contributed by atoms with Gasteiger partial charge in [0, 0.05) is 16.9 Å². The molecule has 1 aromatic rings. The van der Waals surface area contributed by atoms with E-state index in [9.17, 15) is 0 Å². The number of benzene rings is 1. The third kappa shape index (κ3) is 4.03. The van der Waals surface area contributed by atoms with Crippen LogP contribution in [0.1, 0.15) is 19.4 Å². The van der Waals surface area contributed by atoms with Gasteiger partial charge in [-0.05, 0) is 24.6 Å². The molecule has 0 bridgehead atoms. The van der Waals surface area contributed by atoms with Gasteiger partial charge < -0.3 is 8.92 Å². The molecule has 0 heterocycles. The highest BCUT2D eigenvalue weighted by atomic mass is 32.2. The maximum Gasteiger partial charge on any atom is 0.122 e. The van der Waals surface area contributed by atoms with Crippen LogP contribution >= 0.6 is 12.0 Å². The predicted octanol–water partition coefficient (Wildman–Crippen LogP) is 3.68. The number of ether oxygens (including phenoxy) is 1. The zero-order chi connectivity index (χ0) is 11.0. The van der Waals surface area contributed by atoms with Crippen LogP contribution in [0.4, 0.5) is 0 Å². The Hall–Kier alpha value is -0.670. The molecule has 0 saturated carbocycles. The van der Waals surface area contributed by atoms with Crippen LogP contribution < -0.4 is 4.74 Å². The quantitative estimate of drug-likeness (QED) is 0.715. The summed E-state index contributed by atoms with van der Waals surface area (Å²) >= 11 is 1.33. The molecule has 0 fully saturated rings. The van der Waals surface area contributed by atoms with Crippen LogP contribution in [-0.2, 0) is 4.18 Å². The second kappa shape index (κ2) is 7.71. The summed E-state index contributed by atoms with van der Waals surface area (Å²) in [5, 5.41) is 0. The molecule has 0 unspecified atom stereocenters. The van der Waals surface area contributed by atoms with Crippen molar-refractivity contribution in [2.75, 3.05) is 14.2 Å². The summed E-state index contributed by atoms with van der Waals surface area (Å²) in [6.07, 6.45) is 0. The maximum atomic E-state index is 5.16. The molecular formula is C11H18O2S. The molecule has 3 heteroatoms. The van der Waals surface area contributed by atoms with Crippen LogP contribution in [0.3, 0.4) is 0 Å². The Morgan fingerprint density at radius 1 is 1.14 bits per heavy atom. The van der Waals surface area contributed by atoms with Crippen LogP contribution in [0.15, 0.2) is 23.1 Å². The van der Waals surface area contributed by atoms with E-state index in [1.165, 1.54) is 12.0 Å². The molecule has 0 atom stereocenters. The van der Waals surface area contributed by atoms with Crippen LogP contribution in [0.2, 0.25) is 0 Å². The maximum absolute atomic E-state index is 5.16. The van der Waals surface area contributed by atoms with E-state index in [4.69, 9.17) is 8.92 Å². The minimum atomic E-state index is 0.900. The zero-order valence-electron chi connectivity index (χ0n) is 9.46. The van der Waals surface area contributed by atoms with Crippen molar-refractivity contribution in [3.63, 3.8) is 0 Å². The standard InChI is InChI=1S/C9H12O2S.C2H6/c1-7-4-5-8(12-11-3)6-9(7)10-2;1-2/h4-6H,1-3H3;1-2H3. The van der Waals surface area contributed by atoms with Crippen molar-refractivity contribution in [2.45, 2.75) is 25.7 Å². The Balaban J connectivity index is 0.000000791. The van der Waals surface area contributed by atoms with Gasteiger partial charge in [-0.2, -0.15) is 0 Å². The molecule has 1 aromatic carbocycles. The molecular weight excluding hydrogens is 196 g/mol. The second-order valence-corrected chi connectivity index (χ2v) is 3.35. The van der Waals surface area contributed by atoms with E-state index in [-0.39, 0.29) is 0 Å². The van der Waals surface area contributed by atoms with E-state index in [2.05, 4.69) is 0 Å². The average molecular weight is 214 g/mol. The molecule has 0 aliphatic rings. The highest BCUT2D eigenvalue weighted by molar-refractivity contribution is 7.94. The largest absolute Gasteiger partial charge is 0.496 e. The SMILES string of the molecule is CC.COSc1ccc(C)c(OC)c1. The third-order valence-corrected chi connectivity index (χ3v) is 2.17. The Morgan fingerprint density at radius 3 is 2.29 bits per heavy atom. The fourth-order valence-corrected chi connectivity index (χ4v) is 1.42. The number of methoxy groups -OCH3 is 1. The van der Waals surface area contributed by atoms with Gasteiger partial charge >= 0.3 is 0 Å². The molecule has 0 radical (unpaired) electrons. The van der Waals surface area contributed by atoms with Crippen molar-refractivity contribution in [3.05, 3.63) is 23.8 Å². The summed E-state index contributed by atoms with van der Waals surface area (Å²) in [5.74, 6) is 0.900. The molecule has 2 nitrogen and oxygen atoms in total. The van der Waals surface area contributed by atoms with Gasteiger partial charge in [0.2, 0.25) is 0 Å². The molecule has 0 N–H and O–H groups in total. The monoisotopic (exact) mass is 214 g/mol. The zero-order valence-corrected chi connectivity index (χ0v) is 10.3. The molecule has 0 aromatic heterocycles.